The Morgan fingerprint density at radius 1 is 1.33 bits per heavy atom. The number of aromatic nitrogens is 1. The predicted molar refractivity (Wildman–Crippen MR) is 123 cm³/mol. The summed E-state index contributed by atoms with van der Waals surface area (Å²) in [4.78, 5) is 17.0. The second-order valence-electron chi connectivity index (χ2n) is 8.83. The standard InChI is InChI=1S/C22H32N4O6S/c1-13-10-26(14(2)12-27)22(28)17-8-7-9-18(20(17)31-19(13)11-25(5)6)24-33(29,30)21-15(3)23-32-16(21)4/h7-9,13-14,19,24,27H,10-12H2,1-6H3/t13-,14+,19-/m1/s1. The number of aliphatic hydroxyl groups excluding tert-OH is 1. The Hall–Kier alpha value is -2.63. The van der Waals surface area contributed by atoms with Gasteiger partial charge in [-0.2, -0.15) is 0 Å². The molecule has 3 atom stereocenters. The maximum atomic E-state index is 13.4. The number of amides is 1. The van der Waals surface area contributed by atoms with Crippen LogP contribution < -0.4 is 9.46 Å². The summed E-state index contributed by atoms with van der Waals surface area (Å²) < 4.78 is 40.2. The first-order valence-electron chi connectivity index (χ1n) is 10.8. The van der Waals surface area contributed by atoms with Crippen LogP contribution in [0.3, 0.4) is 0 Å². The Labute approximate surface area is 194 Å². The van der Waals surface area contributed by atoms with E-state index in [9.17, 15) is 18.3 Å². The lowest BCUT2D eigenvalue weighted by molar-refractivity contribution is 0.0366. The van der Waals surface area contributed by atoms with Gasteiger partial charge in [0.25, 0.3) is 15.9 Å². The number of ether oxygens (including phenoxy) is 1. The number of carbonyl (C=O) groups is 1. The van der Waals surface area contributed by atoms with E-state index in [-0.39, 0.29) is 57.9 Å². The molecule has 0 saturated heterocycles. The SMILES string of the molecule is Cc1noc(C)c1S(=O)(=O)Nc1cccc2c1O[C@H](CN(C)C)[C@H](C)CN([C@@H](C)CO)C2=O. The fourth-order valence-corrected chi connectivity index (χ4v) is 5.35. The molecule has 1 aromatic carbocycles. The van der Waals surface area contributed by atoms with E-state index >= 15 is 0 Å². The Balaban J connectivity index is 2.12. The van der Waals surface area contributed by atoms with E-state index in [1.807, 2.05) is 25.9 Å². The molecule has 0 spiro atoms. The number of aliphatic hydroxyl groups is 1. The van der Waals surface area contributed by atoms with E-state index in [0.29, 0.717) is 13.1 Å². The van der Waals surface area contributed by atoms with Crippen molar-refractivity contribution >= 4 is 21.6 Å². The molecule has 0 aliphatic carbocycles. The van der Waals surface area contributed by atoms with E-state index in [1.165, 1.54) is 6.92 Å². The summed E-state index contributed by atoms with van der Waals surface area (Å²) in [5, 5.41) is 13.5. The van der Waals surface area contributed by atoms with Crippen molar-refractivity contribution in [1.29, 1.82) is 0 Å². The highest BCUT2D eigenvalue weighted by molar-refractivity contribution is 7.92. The van der Waals surface area contributed by atoms with Gasteiger partial charge in [0.1, 0.15) is 11.8 Å². The summed E-state index contributed by atoms with van der Waals surface area (Å²) in [6.07, 6.45) is -0.329. The maximum Gasteiger partial charge on any atom is 0.267 e. The Morgan fingerprint density at radius 2 is 2.03 bits per heavy atom. The summed E-state index contributed by atoms with van der Waals surface area (Å²) in [7, 11) is -0.218. The van der Waals surface area contributed by atoms with Crippen LogP contribution in [0.15, 0.2) is 27.6 Å². The molecule has 2 heterocycles. The lowest BCUT2D eigenvalue weighted by Crippen LogP contribution is -2.49. The van der Waals surface area contributed by atoms with Crippen molar-refractivity contribution in [2.45, 2.75) is 44.7 Å². The van der Waals surface area contributed by atoms with E-state index in [2.05, 4.69) is 9.88 Å². The highest BCUT2D eigenvalue weighted by atomic mass is 32.2. The fraction of sp³-hybridized carbons (Fsp3) is 0.545. The van der Waals surface area contributed by atoms with Gasteiger partial charge >= 0.3 is 0 Å². The number of fused-ring (bicyclic) bond motifs is 1. The average Bonchev–Trinajstić information content (AvgIpc) is 3.09. The third kappa shape index (κ3) is 5.15. The van der Waals surface area contributed by atoms with Crippen LogP contribution in [0, 0.1) is 19.8 Å². The van der Waals surface area contributed by atoms with Gasteiger partial charge in [0.05, 0.1) is 23.9 Å². The van der Waals surface area contributed by atoms with Crippen molar-refractivity contribution in [3.8, 4) is 5.75 Å². The summed E-state index contributed by atoms with van der Waals surface area (Å²) in [6, 6.07) is 4.35. The molecule has 2 aromatic rings. The molecule has 10 nitrogen and oxygen atoms in total. The van der Waals surface area contributed by atoms with E-state index in [0.717, 1.165) is 0 Å². The molecule has 1 aromatic heterocycles. The third-order valence-electron chi connectivity index (χ3n) is 5.72. The van der Waals surface area contributed by atoms with Gasteiger partial charge in [0.15, 0.2) is 16.4 Å². The second-order valence-corrected chi connectivity index (χ2v) is 10.4. The van der Waals surface area contributed by atoms with Crippen LogP contribution in [0.25, 0.3) is 0 Å². The van der Waals surface area contributed by atoms with Gasteiger partial charge in [-0.05, 0) is 47.0 Å². The van der Waals surface area contributed by atoms with Crippen molar-refractivity contribution in [3.05, 3.63) is 35.2 Å². The first-order valence-corrected chi connectivity index (χ1v) is 12.3. The average molecular weight is 481 g/mol. The number of carbonyl (C=O) groups excluding carboxylic acids is 1. The minimum Gasteiger partial charge on any atom is -0.486 e. The molecule has 0 unspecified atom stereocenters. The molecule has 0 saturated carbocycles. The molecular weight excluding hydrogens is 448 g/mol. The van der Waals surface area contributed by atoms with Crippen molar-refractivity contribution in [1.82, 2.24) is 15.0 Å². The van der Waals surface area contributed by atoms with Gasteiger partial charge in [-0.3, -0.25) is 9.52 Å². The zero-order valence-corrected chi connectivity index (χ0v) is 20.6. The highest BCUT2D eigenvalue weighted by Gasteiger charge is 2.35. The van der Waals surface area contributed by atoms with Gasteiger partial charge in [0.2, 0.25) is 0 Å². The van der Waals surface area contributed by atoms with Crippen LogP contribution in [0.2, 0.25) is 0 Å². The normalized spacial score (nSPS) is 20.1. The van der Waals surface area contributed by atoms with E-state index in [4.69, 9.17) is 9.26 Å². The van der Waals surface area contributed by atoms with Crippen molar-refractivity contribution in [2.75, 3.05) is 38.5 Å². The highest BCUT2D eigenvalue weighted by Crippen LogP contribution is 2.36. The molecule has 0 bridgehead atoms. The third-order valence-corrected chi connectivity index (χ3v) is 7.33. The van der Waals surface area contributed by atoms with Crippen molar-refractivity contribution < 1.29 is 27.6 Å². The summed E-state index contributed by atoms with van der Waals surface area (Å²) in [5.74, 6) is -0.0879. The zero-order valence-electron chi connectivity index (χ0n) is 19.8. The topological polar surface area (TPSA) is 125 Å². The fourth-order valence-electron chi connectivity index (χ4n) is 3.96. The van der Waals surface area contributed by atoms with Crippen LogP contribution in [0.5, 0.6) is 5.75 Å². The molecule has 182 valence electrons. The van der Waals surface area contributed by atoms with E-state index < -0.39 is 16.1 Å². The van der Waals surface area contributed by atoms with Crippen molar-refractivity contribution in [3.63, 3.8) is 0 Å². The minimum atomic E-state index is -4.05. The number of hydrogen-bond acceptors (Lipinski definition) is 8. The number of sulfonamides is 1. The summed E-state index contributed by atoms with van der Waals surface area (Å²) in [5.41, 5.74) is 0.609. The van der Waals surface area contributed by atoms with Gasteiger partial charge in [0, 0.05) is 19.0 Å². The molecule has 1 aliphatic rings. The molecular formula is C22H32N4O6S. The number of likely N-dealkylation sites (N-methyl/N-ethyl adjacent to an activating group) is 1. The van der Waals surface area contributed by atoms with Crippen LogP contribution in [0.1, 0.15) is 35.7 Å². The van der Waals surface area contributed by atoms with Crippen LogP contribution in [-0.2, 0) is 10.0 Å². The molecule has 2 N–H and O–H groups in total. The predicted octanol–water partition coefficient (Wildman–Crippen LogP) is 1.87. The van der Waals surface area contributed by atoms with Crippen LogP contribution >= 0.6 is 0 Å². The number of rotatable bonds is 7. The Kier molecular flexibility index (Phi) is 7.35. The smallest absolute Gasteiger partial charge is 0.267 e. The Morgan fingerprint density at radius 3 is 2.61 bits per heavy atom. The molecule has 11 heteroatoms. The van der Waals surface area contributed by atoms with Gasteiger partial charge in [-0.1, -0.05) is 18.1 Å². The zero-order chi connectivity index (χ0) is 24.5. The molecule has 3 rings (SSSR count). The van der Waals surface area contributed by atoms with Gasteiger partial charge in [-0.25, -0.2) is 8.42 Å². The number of para-hydroxylation sites is 1. The molecule has 1 amide bonds. The summed E-state index contributed by atoms with van der Waals surface area (Å²) in [6.45, 7) is 7.58. The first-order chi connectivity index (χ1) is 15.5. The number of anilines is 1. The first kappa shape index (κ1) is 25.0. The lowest BCUT2D eigenvalue weighted by atomic mass is 9.99. The summed E-state index contributed by atoms with van der Waals surface area (Å²) >= 11 is 0. The number of nitrogens with one attached hydrogen (secondary N) is 1. The largest absolute Gasteiger partial charge is 0.486 e. The monoisotopic (exact) mass is 480 g/mol. The maximum absolute atomic E-state index is 13.4. The molecule has 33 heavy (non-hydrogen) atoms. The lowest BCUT2D eigenvalue weighted by Gasteiger charge is -2.38. The molecule has 0 fully saturated rings. The molecule has 0 radical (unpaired) electrons. The number of benzene rings is 1. The number of aryl methyl sites for hydroxylation is 2. The van der Waals surface area contributed by atoms with Gasteiger partial charge < -0.3 is 24.2 Å². The van der Waals surface area contributed by atoms with Gasteiger partial charge in [-0.15, -0.1) is 0 Å². The van der Waals surface area contributed by atoms with Crippen LogP contribution in [0.4, 0.5) is 5.69 Å². The number of hydrogen-bond donors (Lipinski definition) is 2. The quantitative estimate of drug-likeness (QED) is 0.615. The molecule has 1 aliphatic heterocycles. The Bertz CT molecular complexity index is 1090. The number of nitrogens with zero attached hydrogens (tertiary/aromatic N) is 3. The van der Waals surface area contributed by atoms with Crippen molar-refractivity contribution in [2.24, 2.45) is 5.92 Å². The van der Waals surface area contributed by atoms with E-state index in [1.54, 1.807) is 36.9 Å². The second kappa shape index (κ2) is 9.70. The van der Waals surface area contributed by atoms with Crippen LogP contribution in [-0.4, -0.2) is 80.3 Å². The minimum absolute atomic E-state index is 0.0500.